The number of hydrogen-bond donors (Lipinski definition) is 5. The summed E-state index contributed by atoms with van der Waals surface area (Å²) >= 11 is 1.35. The number of aryl methyl sites for hydroxylation is 1. The summed E-state index contributed by atoms with van der Waals surface area (Å²) in [4.78, 5) is 24.2. The van der Waals surface area contributed by atoms with Crippen LogP contribution in [0.5, 0.6) is 0 Å². The van der Waals surface area contributed by atoms with Crippen LogP contribution in [0.2, 0.25) is 0 Å². The Hall–Kier alpha value is -2.63. The molecule has 0 saturated heterocycles. The number of hydrogen-bond acceptors (Lipinski definition) is 7. The van der Waals surface area contributed by atoms with Gasteiger partial charge in [-0.2, -0.15) is 0 Å². The quantitative estimate of drug-likeness (QED) is 0.213. The second-order valence-corrected chi connectivity index (χ2v) is 10.8. The highest BCUT2D eigenvalue weighted by atomic mass is 32.2. The maximum Gasteiger partial charge on any atom is 0.220 e. The van der Waals surface area contributed by atoms with Gasteiger partial charge in [0.15, 0.2) is 0 Å². The van der Waals surface area contributed by atoms with E-state index in [4.69, 9.17) is 0 Å². The second-order valence-electron chi connectivity index (χ2n) is 9.77. The predicted octanol–water partition coefficient (Wildman–Crippen LogP) is 2.98. The number of aliphatic hydroxyl groups is 2. The molecule has 0 radical (unpaired) electrons. The minimum absolute atomic E-state index is 0.0166. The van der Waals surface area contributed by atoms with Crippen molar-refractivity contribution in [3.05, 3.63) is 82.3 Å². The van der Waals surface area contributed by atoms with E-state index in [1.54, 1.807) is 11.5 Å². The van der Waals surface area contributed by atoms with Gasteiger partial charge in [0.2, 0.25) is 5.91 Å². The third-order valence-electron chi connectivity index (χ3n) is 6.54. The van der Waals surface area contributed by atoms with Gasteiger partial charge >= 0.3 is 0 Å². The first-order valence-corrected chi connectivity index (χ1v) is 14.1. The third-order valence-corrected chi connectivity index (χ3v) is 7.77. The molecule has 39 heavy (non-hydrogen) atoms. The molecule has 3 rings (SSSR count). The van der Waals surface area contributed by atoms with Gasteiger partial charge in [0, 0.05) is 31.6 Å². The maximum absolute atomic E-state index is 13.8. The molecule has 5 atom stereocenters. The summed E-state index contributed by atoms with van der Waals surface area (Å²) < 4.78 is 27.6. The van der Waals surface area contributed by atoms with Crippen LogP contribution in [0.15, 0.2) is 53.9 Å². The second kappa shape index (κ2) is 15.2. The van der Waals surface area contributed by atoms with Gasteiger partial charge in [-0.25, -0.2) is 8.78 Å². The molecular weight excluding hydrogens is 524 g/mol. The Bertz CT molecular complexity index is 1130. The lowest BCUT2D eigenvalue weighted by Crippen LogP contribution is -2.50. The van der Waals surface area contributed by atoms with Crippen molar-refractivity contribution < 1.29 is 28.6 Å². The standard InChI is InChI=1S/C29H37F2N3O4S/c1-3-19-5-4-6-20(11-19)16-32-17-26(36)25(14-21-12-22(30)15-23(31)13-21)34-28(38)8-7-27(37)33-24-9-10-39-29(24)18(2)35/h4-6,9-13,15,24-26,28-29,32,34,36,38H,3,7-8,14,16-17H2,1-2H3,(H,33,37)/t24?,25-,26+,28?,29?/m1/s1. The molecule has 0 spiro atoms. The van der Waals surface area contributed by atoms with Crippen molar-refractivity contribution in [1.82, 2.24) is 16.0 Å². The molecule has 5 N–H and O–H groups in total. The summed E-state index contributed by atoms with van der Waals surface area (Å²) in [6.07, 6.45) is 0.583. The summed E-state index contributed by atoms with van der Waals surface area (Å²) in [7, 11) is 0. The van der Waals surface area contributed by atoms with Crippen LogP contribution in [0, 0.1) is 11.6 Å². The van der Waals surface area contributed by atoms with Crippen LogP contribution < -0.4 is 16.0 Å². The van der Waals surface area contributed by atoms with Gasteiger partial charge in [-0.05, 0) is 60.4 Å². The number of rotatable bonds is 15. The Morgan fingerprint density at radius 1 is 1.05 bits per heavy atom. The molecule has 0 aromatic heterocycles. The summed E-state index contributed by atoms with van der Waals surface area (Å²) in [5.74, 6) is -1.81. The van der Waals surface area contributed by atoms with E-state index in [0.717, 1.165) is 18.1 Å². The number of nitrogens with one attached hydrogen (secondary N) is 3. The molecule has 7 nitrogen and oxygen atoms in total. The van der Waals surface area contributed by atoms with Gasteiger partial charge in [0.25, 0.3) is 0 Å². The normalized spacial score (nSPS) is 19.0. The van der Waals surface area contributed by atoms with E-state index in [9.17, 15) is 28.6 Å². The summed E-state index contributed by atoms with van der Waals surface area (Å²) in [5, 5.41) is 31.9. The third kappa shape index (κ3) is 10.1. The van der Waals surface area contributed by atoms with E-state index < -0.39 is 36.0 Å². The minimum atomic E-state index is -1.16. The molecule has 1 aliphatic rings. The number of aliphatic hydroxyl groups excluding tert-OH is 2. The average molecular weight is 562 g/mol. The highest BCUT2D eigenvalue weighted by molar-refractivity contribution is 8.03. The predicted molar refractivity (Wildman–Crippen MR) is 149 cm³/mol. The van der Waals surface area contributed by atoms with Gasteiger partial charge < -0.3 is 20.8 Å². The van der Waals surface area contributed by atoms with E-state index >= 15 is 0 Å². The molecule has 0 aliphatic carbocycles. The molecule has 3 unspecified atom stereocenters. The fourth-order valence-corrected chi connectivity index (χ4v) is 5.43. The van der Waals surface area contributed by atoms with Crippen molar-refractivity contribution >= 4 is 23.5 Å². The number of benzene rings is 2. The van der Waals surface area contributed by atoms with Crippen molar-refractivity contribution in [1.29, 1.82) is 0 Å². The Morgan fingerprint density at radius 2 is 1.77 bits per heavy atom. The summed E-state index contributed by atoms with van der Waals surface area (Å²) in [5.41, 5.74) is 2.59. The first kappa shape index (κ1) is 30.9. The Morgan fingerprint density at radius 3 is 2.46 bits per heavy atom. The van der Waals surface area contributed by atoms with Crippen LogP contribution in [-0.4, -0.2) is 58.1 Å². The van der Waals surface area contributed by atoms with Crippen LogP contribution in [-0.2, 0) is 29.0 Å². The number of Topliss-reactive ketones (excluding diaryl/α,β-unsaturated/α-hetero) is 1. The van der Waals surface area contributed by atoms with E-state index in [0.29, 0.717) is 12.1 Å². The molecule has 2 aromatic carbocycles. The number of carbonyl (C=O) groups is 2. The molecule has 1 aliphatic heterocycles. The van der Waals surface area contributed by atoms with E-state index in [1.165, 1.54) is 36.4 Å². The fourth-order valence-electron chi connectivity index (χ4n) is 4.48. The lowest BCUT2D eigenvalue weighted by molar-refractivity contribution is -0.122. The fraction of sp³-hybridized carbons (Fsp3) is 0.448. The number of thioether (sulfide) groups is 1. The summed E-state index contributed by atoms with van der Waals surface area (Å²) in [6, 6.07) is 10.1. The van der Waals surface area contributed by atoms with Crippen molar-refractivity contribution in [2.75, 3.05) is 6.54 Å². The molecule has 10 heteroatoms. The monoisotopic (exact) mass is 561 g/mol. The van der Waals surface area contributed by atoms with E-state index in [2.05, 4.69) is 28.9 Å². The van der Waals surface area contributed by atoms with Gasteiger partial charge in [-0.15, -0.1) is 11.8 Å². The van der Waals surface area contributed by atoms with Crippen molar-refractivity contribution in [2.24, 2.45) is 0 Å². The Kier molecular flexibility index (Phi) is 12.1. The average Bonchev–Trinajstić information content (AvgIpc) is 3.35. The van der Waals surface area contributed by atoms with Crippen LogP contribution in [0.25, 0.3) is 0 Å². The minimum Gasteiger partial charge on any atom is -0.390 e. The zero-order valence-electron chi connectivity index (χ0n) is 22.2. The van der Waals surface area contributed by atoms with Gasteiger partial charge in [0.05, 0.1) is 17.4 Å². The first-order valence-electron chi connectivity index (χ1n) is 13.1. The smallest absolute Gasteiger partial charge is 0.220 e. The molecule has 0 saturated carbocycles. The zero-order valence-corrected chi connectivity index (χ0v) is 23.0. The van der Waals surface area contributed by atoms with Crippen LogP contribution in [0.1, 0.15) is 43.4 Å². The van der Waals surface area contributed by atoms with Crippen LogP contribution >= 0.6 is 11.8 Å². The molecule has 0 fully saturated rings. The Balaban J connectivity index is 1.57. The SMILES string of the molecule is CCc1cccc(CNC[C@H](O)[C@@H](Cc2cc(F)cc(F)c2)NC(O)CCC(=O)NC2C=CSC2C(C)=O)c1. The van der Waals surface area contributed by atoms with E-state index in [1.807, 2.05) is 18.2 Å². The Labute approximate surface area is 232 Å². The number of halogens is 2. The van der Waals surface area contributed by atoms with E-state index in [-0.39, 0.29) is 42.7 Å². The summed E-state index contributed by atoms with van der Waals surface area (Å²) in [6.45, 7) is 4.23. The van der Waals surface area contributed by atoms with Crippen LogP contribution in [0.3, 0.4) is 0 Å². The molecular formula is C29H37F2N3O4S. The number of ketones is 1. The highest BCUT2D eigenvalue weighted by Gasteiger charge is 2.29. The lowest BCUT2D eigenvalue weighted by atomic mass is 10.00. The van der Waals surface area contributed by atoms with Crippen molar-refractivity contribution in [2.45, 2.75) is 75.7 Å². The molecule has 1 heterocycles. The van der Waals surface area contributed by atoms with Crippen molar-refractivity contribution in [3.8, 4) is 0 Å². The van der Waals surface area contributed by atoms with Gasteiger partial charge in [0.1, 0.15) is 23.6 Å². The largest absolute Gasteiger partial charge is 0.390 e. The van der Waals surface area contributed by atoms with Gasteiger partial charge in [-0.1, -0.05) is 37.3 Å². The highest BCUT2D eigenvalue weighted by Crippen LogP contribution is 2.25. The first-order chi connectivity index (χ1) is 18.6. The molecule has 0 bridgehead atoms. The zero-order chi connectivity index (χ0) is 28.4. The molecule has 2 aromatic rings. The lowest BCUT2D eigenvalue weighted by Gasteiger charge is -2.28. The molecule has 212 valence electrons. The maximum atomic E-state index is 13.8. The number of carbonyl (C=O) groups excluding carboxylic acids is 2. The molecule has 1 amide bonds. The van der Waals surface area contributed by atoms with Gasteiger partial charge in [-0.3, -0.25) is 14.9 Å². The van der Waals surface area contributed by atoms with Crippen molar-refractivity contribution in [3.63, 3.8) is 0 Å². The topological polar surface area (TPSA) is 111 Å². The number of amides is 1. The van der Waals surface area contributed by atoms with Crippen LogP contribution in [0.4, 0.5) is 8.78 Å².